The fraction of sp³-hybridized carbons (Fsp3) is 0.214. The molecule has 1 aliphatic carbocycles. The number of hydrogen-bond acceptors (Lipinski definition) is 7. The van der Waals surface area contributed by atoms with Gasteiger partial charge in [-0.1, -0.05) is 36.4 Å². The summed E-state index contributed by atoms with van der Waals surface area (Å²) in [6.07, 6.45) is -6.21. The van der Waals surface area contributed by atoms with Crippen molar-refractivity contribution < 1.29 is 51.7 Å². The van der Waals surface area contributed by atoms with Crippen LogP contribution in [0.1, 0.15) is 37.9 Å². The van der Waals surface area contributed by atoms with Gasteiger partial charge in [0.05, 0.1) is 17.6 Å². The van der Waals surface area contributed by atoms with Crippen LogP contribution < -0.4 is 14.8 Å². The van der Waals surface area contributed by atoms with E-state index in [1.54, 1.807) is 0 Å². The van der Waals surface area contributed by atoms with Crippen molar-refractivity contribution in [3.63, 3.8) is 0 Å². The molecule has 0 bridgehead atoms. The third-order valence-corrected chi connectivity index (χ3v) is 7.30. The van der Waals surface area contributed by atoms with E-state index in [9.17, 15) is 37.5 Å². The zero-order valence-corrected chi connectivity index (χ0v) is 20.2. The molecule has 1 saturated heterocycles. The summed E-state index contributed by atoms with van der Waals surface area (Å²) in [4.78, 5) is 53.8. The van der Waals surface area contributed by atoms with Crippen LogP contribution in [0.5, 0.6) is 11.5 Å². The molecule has 2 aliphatic heterocycles. The molecule has 12 heteroatoms. The zero-order valence-electron chi connectivity index (χ0n) is 20.2. The van der Waals surface area contributed by atoms with Crippen molar-refractivity contribution >= 4 is 29.1 Å². The van der Waals surface area contributed by atoms with Gasteiger partial charge >= 0.3 is 12.1 Å². The number of ketones is 2. The number of ether oxygens (including phenoxy) is 3. The summed E-state index contributed by atoms with van der Waals surface area (Å²) in [5.74, 6) is -7.40. The molecule has 0 radical (unpaired) electrons. The van der Waals surface area contributed by atoms with Crippen molar-refractivity contribution in [3.8, 4) is 11.5 Å². The van der Waals surface area contributed by atoms with Gasteiger partial charge in [0.25, 0.3) is 0 Å². The van der Waals surface area contributed by atoms with Crippen LogP contribution >= 0.6 is 0 Å². The predicted octanol–water partition coefficient (Wildman–Crippen LogP) is 4.28. The normalized spacial score (nSPS) is 22.4. The Balaban J connectivity index is 1.45. The Kier molecular flexibility index (Phi) is 5.70. The SMILES string of the molecule is O=C(Nc1ccc2c(c1)OCO2)C1C(c2ccc(C(F)(F)F)cc2)OC2(C(=O)c3ccccc3C2=O)C1C(=O)O. The first-order valence-corrected chi connectivity index (χ1v) is 12.0. The standard InChI is InChI=1S/C28H18F3NO8/c29-28(30,31)14-7-5-13(6-8-14)22-20(25(35)32-15-9-10-18-19(11-15)39-12-38-18)21(26(36)37)27(40-22)23(33)16-3-1-2-4-17(16)24(27)34/h1-11,20-22H,12H2,(H,32,35)(H,36,37). The molecule has 1 spiro atoms. The van der Waals surface area contributed by atoms with Crippen LogP contribution in [-0.2, 0) is 20.5 Å². The van der Waals surface area contributed by atoms with E-state index in [-0.39, 0.29) is 29.2 Å². The van der Waals surface area contributed by atoms with Crippen molar-refractivity contribution in [1.29, 1.82) is 0 Å². The van der Waals surface area contributed by atoms with Gasteiger partial charge in [-0.25, -0.2) is 0 Å². The van der Waals surface area contributed by atoms with Crippen LogP contribution in [0.2, 0.25) is 0 Å². The molecular formula is C28H18F3NO8. The number of hydrogen-bond donors (Lipinski definition) is 2. The molecule has 9 nitrogen and oxygen atoms in total. The Hall–Kier alpha value is -4.71. The molecule has 204 valence electrons. The Labute approximate surface area is 223 Å². The summed E-state index contributed by atoms with van der Waals surface area (Å²) in [6.45, 7) is -0.0341. The average molecular weight is 553 g/mol. The summed E-state index contributed by atoms with van der Waals surface area (Å²) in [7, 11) is 0. The highest BCUT2D eigenvalue weighted by atomic mass is 19.4. The molecular weight excluding hydrogens is 535 g/mol. The maximum Gasteiger partial charge on any atom is 0.416 e. The predicted molar refractivity (Wildman–Crippen MR) is 129 cm³/mol. The van der Waals surface area contributed by atoms with Gasteiger partial charge in [0, 0.05) is 22.9 Å². The Morgan fingerprint density at radius 2 is 1.52 bits per heavy atom. The highest BCUT2D eigenvalue weighted by Gasteiger charge is 2.71. The Morgan fingerprint density at radius 1 is 0.900 bits per heavy atom. The highest BCUT2D eigenvalue weighted by Crippen LogP contribution is 2.54. The third-order valence-electron chi connectivity index (χ3n) is 7.30. The lowest BCUT2D eigenvalue weighted by Crippen LogP contribution is -2.52. The molecule has 3 aliphatic rings. The third kappa shape index (κ3) is 3.74. The second kappa shape index (κ2) is 8.91. The van der Waals surface area contributed by atoms with E-state index in [0.717, 1.165) is 24.3 Å². The minimum atomic E-state index is -4.66. The number of anilines is 1. The van der Waals surface area contributed by atoms with E-state index in [0.29, 0.717) is 11.5 Å². The van der Waals surface area contributed by atoms with Crippen molar-refractivity contribution in [2.75, 3.05) is 12.1 Å². The van der Waals surface area contributed by atoms with E-state index in [1.165, 1.54) is 42.5 Å². The number of aliphatic carboxylic acids is 1. The van der Waals surface area contributed by atoms with Crippen LogP contribution in [0.3, 0.4) is 0 Å². The number of alkyl halides is 3. The molecule has 0 aromatic heterocycles. The van der Waals surface area contributed by atoms with E-state index < -0.39 is 58.7 Å². The number of carbonyl (C=O) groups excluding carboxylic acids is 3. The lowest BCUT2D eigenvalue weighted by Gasteiger charge is -2.25. The van der Waals surface area contributed by atoms with Gasteiger partial charge in [0.2, 0.25) is 29.9 Å². The highest BCUT2D eigenvalue weighted by molar-refractivity contribution is 6.34. The lowest BCUT2D eigenvalue weighted by atomic mass is 9.75. The number of amides is 1. The Bertz CT molecular complexity index is 1550. The monoisotopic (exact) mass is 553 g/mol. The number of halogens is 3. The van der Waals surface area contributed by atoms with Crippen LogP contribution in [0.4, 0.5) is 18.9 Å². The number of carbonyl (C=O) groups is 4. The smallest absolute Gasteiger partial charge is 0.416 e. The topological polar surface area (TPSA) is 128 Å². The maximum absolute atomic E-state index is 13.7. The van der Waals surface area contributed by atoms with E-state index in [2.05, 4.69) is 5.32 Å². The van der Waals surface area contributed by atoms with Gasteiger partial charge in [0.1, 0.15) is 5.92 Å². The summed E-state index contributed by atoms with van der Waals surface area (Å²) in [5, 5.41) is 12.9. The second-order valence-electron chi connectivity index (χ2n) is 9.50. The van der Waals surface area contributed by atoms with Gasteiger partial charge in [-0.05, 0) is 29.8 Å². The minimum Gasteiger partial charge on any atom is -0.481 e. The van der Waals surface area contributed by atoms with E-state index in [1.807, 2.05) is 0 Å². The summed E-state index contributed by atoms with van der Waals surface area (Å²) in [5.41, 5.74) is -3.54. The number of carboxylic acids is 1. The Morgan fingerprint density at radius 3 is 2.12 bits per heavy atom. The molecule has 40 heavy (non-hydrogen) atoms. The molecule has 1 fully saturated rings. The van der Waals surface area contributed by atoms with E-state index >= 15 is 0 Å². The summed E-state index contributed by atoms with van der Waals surface area (Å²) in [6, 6.07) is 13.7. The van der Waals surface area contributed by atoms with E-state index in [4.69, 9.17) is 14.2 Å². The number of carboxylic acid groups (broad SMARTS) is 1. The molecule has 6 rings (SSSR count). The first kappa shape index (κ1) is 25.6. The lowest BCUT2D eigenvalue weighted by molar-refractivity contribution is -0.147. The summed E-state index contributed by atoms with van der Waals surface area (Å²) >= 11 is 0. The first-order chi connectivity index (χ1) is 19.0. The molecule has 3 unspecified atom stereocenters. The maximum atomic E-state index is 13.7. The number of benzene rings is 3. The van der Waals surface area contributed by atoms with Gasteiger partial charge < -0.3 is 24.6 Å². The fourth-order valence-electron chi connectivity index (χ4n) is 5.50. The van der Waals surface area contributed by atoms with Crippen LogP contribution in [0.15, 0.2) is 66.7 Å². The first-order valence-electron chi connectivity index (χ1n) is 12.0. The molecule has 3 aromatic carbocycles. The van der Waals surface area contributed by atoms with Crippen LogP contribution in [0, 0.1) is 11.8 Å². The molecule has 2 heterocycles. The van der Waals surface area contributed by atoms with Gasteiger partial charge in [-0.2, -0.15) is 13.2 Å². The second-order valence-corrected chi connectivity index (χ2v) is 9.50. The van der Waals surface area contributed by atoms with Crippen LogP contribution in [0.25, 0.3) is 0 Å². The molecule has 0 saturated carbocycles. The van der Waals surface area contributed by atoms with Crippen molar-refractivity contribution in [1.82, 2.24) is 0 Å². The molecule has 3 atom stereocenters. The fourth-order valence-corrected chi connectivity index (χ4v) is 5.50. The molecule has 1 amide bonds. The van der Waals surface area contributed by atoms with Crippen molar-refractivity contribution in [2.45, 2.75) is 17.9 Å². The zero-order chi connectivity index (χ0) is 28.4. The average Bonchev–Trinajstić information content (AvgIpc) is 3.60. The largest absolute Gasteiger partial charge is 0.481 e. The minimum absolute atomic E-state index is 0.0153. The van der Waals surface area contributed by atoms with Crippen molar-refractivity contribution in [3.05, 3.63) is 89.0 Å². The van der Waals surface area contributed by atoms with Gasteiger partial charge in [0.15, 0.2) is 11.5 Å². The van der Waals surface area contributed by atoms with Crippen molar-refractivity contribution in [2.24, 2.45) is 11.8 Å². The number of nitrogens with one attached hydrogen (secondary N) is 1. The molecule has 2 N–H and O–H groups in total. The molecule has 3 aromatic rings. The number of rotatable bonds is 4. The number of fused-ring (bicyclic) bond motifs is 2. The quantitative estimate of drug-likeness (QED) is 0.459. The summed E-state index contributed by atoms with van der Waals surface area (Å²) < 4.78 is 56.2. The van der Waals surface area contributed by atoms with Gasteiger partial charge in [-0.3, -0.25) is 19.2 Å². The number of Topliss-reactive ketones (excluding diaryl/α,β-unsaturated/α-hetero) is 2. The van der Waals surface area contributed by atoms with Gasteiger partial charge in [-0.15, -0.1) is 0 Å². The van der Waals surface area contributed by atoms with Crippen LogP contribution in [-0.4, -0.2) is 40.9 Å².